The first kappa shape index (κ1) is 21.6. The molecule has 0 aliphatic carbocycles. The van der Waals surface area contributed by atoms with E-state index in [4.69, 9.17) is 14.7 Å². The largest absolute Gasteiger partial charge is 0.378 e. The molecule has 0 radical (unpaired) electrons. The minimum atomic E-state index is -0.145. The molecule has 2 aromatic rings. The number of benzene rings is 1. The predicted octanol–water partition coefficient (Wildman–Crippen LogP) is 2.87. The van der Waals surface area contributed by atoms with Gasteiger partial charge >= 0.3 is 0 Å². The molecule has 0 unspecified atom stereocenters. The number of nitrogens with zero attached hydrogens (tertiary/aromatic N) is 4. The normalized spacial score (nSPS) is 21.9. The predicted molar refractivity (Wildman–Crippen MR) is 123 cm³/mol. The van der Waals surface area contributed by atoms with E-state index >= 15 is 0 Å². The van der Waals surface area contributed by atoms with E-state index in [1.54, 1.807) is 6.07 Å². The van der Waals surface area contributed by atoms with E-state index in [2.05, 4.69) is 26.5 Å². The van der Waals surface area contributed by atoms with Crippen LogP contribution < -0.4 is 15.5 Å². The van der Waals surface area contributed by atoms with Crippen LogP contribution in [0.25, 0.3) is 0 Å². The molecule has 5 rings (SSSR count). The maximum Gasteiger partial charge on any atom is 0.148 e. The van der Waals surface area contributed by atoms with E-state index in [0.717, 1.165) is 74.9 Å². The van der Waals surface area contributed by atoms with E-state index in [1.165, 1.54) is 12.0 Å². The molecular formula is C24H33FN6O. The van der Waals surface area contributed by atoms with Crippen LogP contribution >= 0.6 is 0 Å². The van der Waals surface area contributed by atoms with E-state index in [0.29, 0.717) is 25.4 Å². The zero-order valence-electron chi connectivity index (χ0n) is 18.9. The van der Waals surface area contributed by atoms with Crippen molar-refractivity contribution in [2.24, 2.45) is 0 Å². The summed E-state index contributed by atoms with van der Waals surface area (Å²) < 4.78 is 20.4. The van der Waals surface area contributed by atoms with Crippen molar-refractivity contribution in [3.63, 3.8) is 0 Å². The van der Waals surface area contributed by atoms with Crippen molar-refractivity contribution in [2.75, 3.05) is 56.7 Å². The molecule has 7 nitrogen and oxygen atoms in total. The lowest BCUT2D eigenvalue weighted by molar-refractivity contribution is 0.122. The number of piperidine rings is 1. The number of fused-ring (bicyclic) bond motifs is 1. The van der Waals surface area contributed by atoms with Crippen LogP contribution in [0, 0.1) is 5.82 Å². The van der Waals surface area contributed by atoms with Crippen molar-refractivity contribution in [3.8, 4) is 0 Å². The number of halogens is 1. The van der Waals surface area contributed by atoms with Gasteiger partial charge in [0.15, 0.2) is 0 Å². The molecule has 3 aliphatic heterocycles. The summed E-state index contributed by atoms with van der Waals surface area (Å²) in [6.45, 7) is 6.25. The second kappa shape index (κ2) is 9.68. The first-order valence-corrected chi connectivity index (χ1v) is 11.9. The summed E-state index contributed by atoms with van der Waals surface area (Å²) >= 11 is 0. The van der Waals surface area contributed by atoms with Crippen molar-refractivity contribution < 1.29 is 9.13 Å². The molecule has 172 valence electrons. The van der Waals surface area contributed by atoms with Gasteiger partial charge in [-0.2, -0.15) is 0 Å². The van der Waals surface area contributed by atoms with E-state index < -0.39 is 0 Å². The van der Waals surface area contributed by atoms with Gasteiger partial charge in [-0.1, -0.05) is 12.5 Å². The fraction of sp³-hybridized carbons (Fsp3) is 0.583. The number of hydrogen-bond acceptors (Lipinski definition) is 7. The Morgan fingerprint density at radius 3 is 2.88 bits per heavy atom. The van der Waals surface area contributed by atoms with Crippen LogP contribution in [-0.2, 0) is 24.2 Å². The highest BCUT2D eigenvalue weighted by molar-refractivity contribution is 5.50. The van der Waals surface area contributed by atoms with Crippen molar-refractivity contribution >= 4 is 11.5 Å². The number of rotatable bonds is 5. The highest BCUT2D eigenvalue weighted by Crippen LogP contribution is 2.33. The topological polar surface area (TPSA) is 65.6 Å². The molecule has 2 fully saturated rings. The molecule has 32 heavy (non-hydrogen) atoms. The third-order valence-electron chi connectivity index (χ3n) is 6.85. The van der Waals surface area contributed by atoms with Gasteiger partial charge < -0.3 is 20.3 Å². The Hall–Kier alpha value is -2.29. The molecule has 1 aromatic heterocycles. The summed E-state index contributed by atoms with van der Waals surface area (Å²) in [5.74, 6) is 1.69. The van der Waals surface area contributed by atoms with E-state index in [1.807, 2.05) is 13.1 Å². The average molecular weight is 441 g/mol. The van der Waals surface area contributed by atoms with E-state index in [9.17, 15) is 4.39 Å². The molecule has 4 heterocycles. The Bertz CT molecular complexity index is 931. The SMILES string of the molecule is CNc1nc([C@@H]2CCCCN2Cc2ccc(N3CCOCC3)c(F)c2)nc2c1CNCC2. The molecular weight excluding hydrogens is 407 g/mol. The molecule has 2 saturated heterocycles. The number of aromatic nitrogens is 2. The van der Waals surface area contributed by atoms with Gasteiger partial charge in [-0.15, -0.1) is 0 Å². The van der Waals surface area contributed by atoms with Gasteiger partial charge in [-0.25, -0.2) is 14.4 Å². The van der Waals surface area contributed by atoms with Crippen LogP contribution in [0.2, 0.25) is 0 Å². The molecule has 0 bridgehead atoms. The zero-order valence-corrected chi connectivity index (χ0v) is 18.9. The number of hydrogen-bond donors (Lipinski definition) is 2. The van der Waals surface area contributed by atoms with Crippen molar-refractivity contribution in [3.05, 3.63) is 46.7 Å². The lowest BCUT2D eigenvalue weighted by atomic mass is 9.99. The van der Waals surface area contributed by atoms with Crippen LogP contribution in [0.3, 0.4) is 0 Å². The molecule has 0 saturated carbocycles. The van der Waals surface area contributed by atoms with Crippen LogP contribution in [-0.4, -0.2) is 61.3 Å². The summed E-state index contributed by atoms with van der Waals surface area (Å²) in [6.07, 6.45) is 4.29. The lowest BCUT2D eigenvalue weighted by Crippen LogP contribution is -2.37. The van der Waals surface area contributed by atoms with Gasteiger partial charge in [-0.05, 0) is 37.1 Å². The maximum absolute atomic E-state index is 15.0. The summed E-state index contributed by atoms with van der Waals surface area (Å²) in [5, 5.41) is 6.68. The van der Waals surface area contributed by atoms with Crippen molar-refractivity contribution in [2.45, 2.75) is 44.8 Å². The zero-order chi connectivity index (χ0) is 21.9. The summed E-state index contributed by atoms with van der Waals surface area (Å²) in [4.78, 5) is 14.4. The van der Waals surface area contributed by atoms with Gasteiger partial charge in [0.2, 0.25) is 0 Å². The molecule has 8 heteroatoms. The van der Waals surface area contributed by atoms with E-state index in [-0.39, 0.29) is 11.9 Å². The Morgan fingerprint density at radius 1 is 1.19 bits per heavy atom. The number of anilines is 2. The summed E-state index contributed by atoms with van der Waals surface area (Å²) in [5.41, 5.74) is 4.02. The van der Waals surface area contributed by atoms with Crippen LogP contribution in [0.15, 0.2) is 18.2 Å². The second-order valence-corrected chi connectivity index (χ2v) is 8.90. The number of nitrogens with one attached hydrogen (secondary N) is 2. The van der Waals surface area contributed by atoms with Gasteiger partial charge in [0.1, 0.15) is 17.5 Å². The Balaban J connectivity index is 1.37. The quantitative estimate of drug-likeness (QED) is 0.741. The highest BCUT2D eigenvalue weighted by Gasteiger charge is 2.29. The molecule has 1 aromatic carbocycles. The van der Waals surface area contributed by atoms with Gasteiger partial charge in [0, 0.05) is 51.8 Å². The van der Waals surface area contributed by atoms with Crippen LogP contribution in [0.5, 0.6) is 0 Å². The lowest BCUT2D eigenvalue weighted by Gasteiger charge is -2.35. The third kappa shape index (κ3) is 4.44. The molecule has 1 atom stereocenters. The first-order chi connectivity index (χ1) is 15.7. The first-order valence-electron chi connectivity index (χ1n) is 11.9. The molecule has 0 amide bonds. The fourth-order valence-electron chi connectivity index (χ4n) is 5.13. The van der Waals surface area contributed by atoms with Gasteiger partial charge in [-0.3, -0.25) is 4.90 Å². The third-order valence-corrected chi connectivity index (χ3v) is 6.85. The Morgan fingerprint density at radius 2 is 2.06 bits per heavy atom. The second-order valence-electron chi connectivity index (χ2n) is 8.90. The molecule has 2 N–H and O–H groups in total. The molecule has 0 spiro atoms. The minimum absolute atomic E-state index is 0.145. The highest BCUT2D eigenvalue weighted by atomic mass is 19.1. The average Bonchev–Trinajstić information content (AvgIpc) is 2.84. The summed E-state index contributed by atoms with van der Waals surface area (Å²) in [7, 11) is 1.93. The minimum Gasteiger partial charge on any atom is -0.378 e. The smallest absolute Gasteiger partial charge is 0.148 e. The van der Waals surface area contributed by atoms with Crippen molar-refractivity contribution in [1.82, 2.24) is 20.2 Å². The fourth-order valence-corrected chi connectivity index (χ4v) is 5.13. The number of ether oxygens (including phenoxy) is 1. The Kier molecular flexibility index (Phi) is 6.52. The van der Waals surface area contributed by atoms with Crippen molar-refractivity contribution in [1.29, 1.82) is 0 Å². The summed E-state index contributed by atoms with van der Waals surface area (Å²) in [6, 6.07) is 5.86. The Labute approximate surface area is 189 Å². The standard InChI is InChI=1S/C24H33FN6O/c1-26-23-18-15-27-8-7-20(18)28-24(29-23)22-4-2-3-9-31(22)16-17-5-6-21(19(25)14-17)30-10-12-32-13-11-30/h5-6,14,22,27H,2-4,7-13,15-16H2,1H3,(H,26,28,29)/t22-/m0/s1. The maximum atomic E-state index is 15.0. The number of likely N-dealkylation sites (tertiary alicyclic amines) is 1. The van der Waals surface area contributed by atoms with Gasteiger partial charge in [0.25, 0.3) is 0 Å². The van der Waals surface area contributed by atoms with Gasteiger partial charge in [0.05, 0.1) is 30.6 Å². The monoisotopic (exact) mass is 440 g/mol. The molecule has 3 aliphatic rings. The van der Waals surface area contributed by atoms with Crippen LogP contribution in [0.4, 0.5) is 15.9 Å². The van der Waals surface area contributed by atoms with Crippen LogP contribution in [0.1, 0.15) is 47.9 Å². The number of morpholine rings is 1.